The number of hydrogen-bond donors (Lipinski definition) is 2. The van der Waals surface area contributed by atoms with E-state index in [9.17, 15) is 14.6 Å². The van der Waals surface area contributed by atoms with E-state index in [1.165, 1.54) is 6.07 Å². The summed E-state index contributed by atoms with van der Waals surface area (Å²) in [5.41, 5.74) is 2.35. The van der Waals surface area contributed by atoms with Crippen molar-refractivity contribution in [2.24, 2.45) is 0 Å². The summed E-state index contributed by atoms with van der Waals surface area (Å²) < 4.78 is 14.3. The predicted molar refractivity (Wildman–Crippen MR) is 79.2 cm³/mol. The van der Waals surface area contributed by atoms with E-state index in [4.69, 9.17) is 0 Å². The largest absolute Gasteiger partial charge is 0.504 e. The van der Waals surface area contributed by atoms with Gasteiger partial charge in [0.15, 0.2) is 17.3 Å². The van der Waals surface area contributed by atoms with Gasteiger partial charge in [0.2, 0.25) is 0 Å². The van der Waals surface area contributed by atoms with Gasteiger partial charge in [0.25, 0.3) is 0 Å². The van der Waals surface area contributed by atoms with Crippen LogP contribution in [0.4, 0.5) is 4.39 Å². The summed E-state index contributed by atoms with van der Waals surface area (Å²) in [5, 5.41) is 19.4. The molecule has 4 heteroatoms. The number of hydrogen-bond acceptors (Lipinski definition) is 3. The van der Waals surface area contributed by atoms with Crippen LogP contribution in [0.2, 0.25) is 0 Å². The Bertz CT molecular complexity index is 658. The number of rotatable bonds is 1. The zero-order valence-electron chi connectivity index (χ0n) is 11.9. The molecule has 0 bridgehead atoms. The summed E-state index contributed by atoms with van der Waals surface area (Å²) in [5.74, 6) is -1.75. The minimum absolute atomic E-state index is 0.0188. The monoisotopic (exact) mass is 287 g/mol. The summed E-state index contributed by atoms with van der Waals surface area (Å²) in [7, 11) is 2.00. The molecule has 0 saturated carbocycles. The van der Waals surface area contributed by atoms with E-state index >= 15 is 0 Å². The maximum atomic E-state index is 14.3. The molecule has 1 heterocycles. The van der Waals surface area contributed by atoms with Gasteiger partial charge >= 0.3 is 0 Å². The number of fused-ring (bicyclic) bond motifs is 1. The highest BCUT2D eigenvalue weighted by Gasteiger charge is 2.27. The third-order valence-electron chi connectivity index (χ3n) is 4.17. The van der Waals surface area contributed by atoms with Crippen LogP contribution in [-0.2, 0) is 6.42 Å². The molecule has 1 atom stereocenters. The second-order valence-electron chi connectivity index (χ2n) is 5.60. The average molecular weight is 287 g/mol. The fourth-order valence-electron chi connectivity index (χ4n) is 3.02. The second-order valence-corrected chi connectivity index (χ2v) is 5.60. The van der Waals surface area contributed by atoms with Gasteiger partial charge in [0.05, 0.1) is 0 Å². The van der Waals surface area contributed by atoms with Gasteiger partial charge in [-0.25, -0.2) is 4.39 Å². The highest BCUT2D eigenvalue weighted by Crippen LogP contribution is 2.39. The number of phenols is 2. The Morgan fingerprint density at radius 1 is 1.19 bits per heavy atom. The summed E-state index contributed by atoms with van der Waals surface area (Å²) in [6.07, 6.45) is 0.523. The average Bonchev–Trinajstić information content (AvgIpc) is 2.65. The second kappa shape index (κ2) is 5.37. The molecule has 0 amide bonds. The van der Waals surface area contributed by atoms with Crippen molar-refractivity contribution < 1.29 is 14.6 Å². The molecule has 2 aromatic rings. The molecule has 0 radical (unpaired) electrons. The first-order chi connectivity index (χ1) is 10.1. The highest BCUT2D eigenvalue weighted by molar-refractivity contribution is 5.51. The molecule has 0 spiro atoms. The van der Waals surface area contributed by atoms with E-state index in [0.717, 1.165) is 24.2 Å². The smallest absolute Gasteiger partial charge is 0.194 e. The molecule has 3 rings (SSSR count). The molecular weight excluding hydrogens is 269 g/mol. The van der Waals surface area contributed by atoms with Crippen molar-refractivity contribution in [3.63, 3.8) is 0 Å². The van der Waals surface area contributed by atoms with Gasteiger partial charge in [-0.2, -0.15) is 0 Å². The Morgan fingerprint density at radius 3 is 2.62 bits per heavy atom. The molecule has 3 nitrogen and oxygen atoms in total. The topological polar surface area (TPSA) is 43.7 Å². The van der Waals surface area contributed by atoms with Gasteiger partial charge in [-0.1, -0.05) is 30.3 Å². The SMILES string of the molecule is CN1CCc2c(cc(O)c(O)c2F)C(c2ccccc2)C1. The van der Waals surface area contributed by atoms with Crippen LogP contribution in [0, 0.1) is 5.82 Å². The summed E-state index contributed by atoms with van der Waals surface area (Å²) in [4.78, 5) is 2.14. The van der Waals surface area contributed by atoms with Gasteiger partial charge in [-0.15, -0.1) is 0 Å². The first-order valence-corrected chi connectivity index (χ1v) is 7.04. The minimum atomic E-state index is -0.693. The molecule has 1 unspecified atom stereocenters. The third-order valence-corrected chi connectivity index (χ3v) is 4.17. The standard InChI is InChI=1S/C17H18FNO2/c1-19-8-7-12-13(9-15(20)17(21)16(12)18)14(10-19)11-5-3-2-4-6-11/h2-6,9,14,20-21H,7-8,10H2,1H3. The van der Waals surface area contributed by atoms with Gasteiger partial charge in [0.1, 0.15) is 0 Å². The molecule has 110 valence electrons. The van der Waals surface area contributed by atoms with Crippen molar-refractivity contribution in [2.75, 3.05) is 20.1 Å². The van der Waals surface area contributed by atoms with Gasteiger partial charge < -0.3 is 15.1 Å². The van der Waals surface area contributed by atoms with Crippen LogP contribution in [0.3, 0.4) is 0 Å². The lowest BCUT2D eigenvalue weighted by Gasteiger charge is -2.22. The maximum absolute atomic E-state index is 14.3. The van der Waals surface area contributed by atoms with Gasteiger partial charge in [-0.05, 0) is 36.2 Å². The molecular formula is C17H18FNO2. The van der Waals surface area contributed by atoms with Crippen LogP contribution in [0.15, 0.2) is 36.4 Å². The lowest BCUT2D eigenvalue weighted by Crippen LogP contribution is -2.24. The summed E-state index contributed by atoms with van der Waals surface area (Å²) in [6.45, 7) is 1.47. The van der Waals surface area contributed by atoms with Crippen LogP contribution in [0.25, 0.3) is 0 Å². The zero-order chi connectivity index (χ0) is 15.0. The Hall–Kier alpha value is -2.07. The van der Waals surface area contributed by atoms with Crippen molar-refractivity contribution in [3.05, 3.63) is 58.9 Å². The van der Waals surface area contributed by atoms with Crippen molar-refractivity contribution in [3.8, 4) is 11.5 Å². The van der Waals surface area contributed by atoms with Crippen molar-refractivity contribution in [2.45, 2.75) is 12.3 Å². The molecule has 1 aliphatic rings. The number of nitrogens with zero attached hydrogens (tertiary/aromatic N) is 1. The van der Waals surface area contributed by atoms with E-state index in [-0.39, 0.29) is 5.92 Å². The van der Waals surface area contributed by atoms with Crippen LogP contribution in [0.5, 0.6) is 11.5 Å². The molecule has 0 saturated heterocycles. The third kappa shape index (κ3) is 2.47. The Kier molecular flexibility index (Phi) is 3.55. The van der Waals surface area contributed by atoms with Crippen LogP contribution < -0.4 is 0 Å². The maximum Gasteiger partial charge on any atom is 0.194 e. The normalized spacial score (nSPS) is 19.0. The number of aromatic hydroxyl groups is 2. The molecule has 2 N–H and O–H groups in total. The van der Waals surface area contributed by atoms with Crippen molar-refractivity contribution in [1.29, 1.82) is 0 Å². The molecule has 0 aromatic heterocycles. The lowest BCUT2D eigenvalue weighted by molar-refractivity contribution is 0.337. The van der Waals surface area contributed by atoms with Crippen LogP contribution >= 0.6 is 0 Å². The van der Waals surface area contributed by atoms with Crippen molar-refractivity contribution in [1.82, 2.24) is 4.90 Å². The van der Waals surface area contributed by atoms with Gasteiger partial charge in [-0.3, -0.25) is 0 Å². The van der Waals surface area contributed by atoms with E-state index in [1.54, 1.807) is 0 Å². The number of benzene rings is 2. The lowest BCUT2D eigenvalue weighted by atomic mass is 9.87. The molecule has 1 aliphatic heterocycles. The zero-order valence-corrected chi connectivity index (χ0v) is 11.9. The first kappa shape index (κ1) is 13.9. The Morgan fingerprint density at radius 2 is 1.90 bits per heavy atom. The number of phenolic OH excluding ortho intramolecular Hbond substituents is 2. The Labute approximate surface area is 123 Å². The van der Waals surface area contributed by atoms with Crippen LogP contribution in [-0.4, -0.2) is 35.3 Å². The number of likely N-dealkylation sites (N-methyl/N-ethyl adjacent to an activating group) is 1. The van der Waals surface area contributed by atoms with E-state index in [1.807, 2.05) is 37.4 Å². The fourth-order valence-corrected chi connectivity index (χ4v) is 3.02. The minimum Gasteiger partial charge on any atom is -0.504 e. The molecule has 0 aliphatic carbocycles. The first-order valence-electron chi connectivity index (χ1n) is 7.04. The molecule has 2 aromatic carbocycles. The van der Waals surface area contributed by atoms with Crippen LogP contribution in [0.1, 0.15) is 22.6 Å². The highest BCUT2D eigenvalue weighted by atomic mass is 19.1. The molecule has 21 heavy (non-hydrogen) atoms. The van der Waals surface area contributed by atoms with E-state index in [2.05, 4.69) is 4.90 Å². The van der Waals surface area contributed by atoms with Crippen molar-refractivity contribution >= 4 is 0 Å². The summed E-state index contributed by atoms with van der Waals surface area (Å²) in [6, 6.07) is 11.4. The van der Waals surface area contributed by atoms with E-state index in [0.29, 0.717) is 12.0 Å². The van der Waals surface area contributed by atoms with E-state index < -0.39 is 17.3 Å². The summed E-state index contributed by atoms with van der Waals surface area (Å²) >= 11 is 0. The Balaban J connectivity index is 2.18. The molecule has 0 fully saturated rings. The number of halogens is 1. The fraction of sp³-hybridized carbons (Fsp3) is 0.294. The predicted octanol–water partition coefficient (Wildman–Crippen LogP) is 2.86. The van der Waals surface area contributed by atoms with Gasteiger partial charge in [0, 0.05) is 19.0 Å². The quantitative estimate of drug-likeness (QED) is 0.793.